The van der Waals surface area contributed by atoms with E-state index in [-0.39, 0.29) is 0 Å². The lowest BCUT2D eigenvalue weighted by atomic mass is 9.86. The molecule has 0 amide bonds. The molecule has 0 atom stereocenters. The second-order valence-electron chi connectivity index (χ2n) is 4.68. The monoisotopic (exact) mass is 222 g/mol. The smallest absolute Gasteiger partial charge is 0.0997 e. The average molecular weight is 222 g/mol. The second-order valence-corrected chi connectivity index (χ2v) is 4.68. The van der Waals surface area contributed by atoms with Crippen LogP contribution in [-0.2, 0) is 13.1 Å². The number of hydrogen-bond acceptors (Lipinski definition) is 3. The molecule has 1 saturated carbocycles. The first kappa shape index (κ1) is 11.6. The van der Waals surface area contributed by atoms with E-state index in [0.29, 0.717) is 12.5 Å². The lowest BCUT2D eigenvalue weighted by molar-refractivity contribution is 0.411. The highest BCUT2D eigenvalue weighted by molar-refractivity contribution is 5.16. The van der Waals surface area contributed by atoms with Crippen molar-refractivity contribution in [1.29, 1.82) is 0 Å². The van der Waals surface area contributed by atoms with Gasteiger partial charge in [0.25, 0.3) is 0 Å². The molecule has 1 aromatic heterocycles. The highest BCUT2D eigenvalue weighted by Crippen LogP contribution is 2.33. The molecule has 4 heteroatoms. The molecule has 0 spiro atoms. The first-order valence-electron chi connectivity index (χ1n) is 6.49. The van der Waals surface area contributed by atoms with Crippen LogP contribution in [0.5, 0.6) is 0 Å². The molecule has 0 aliphatic heterocycles. The van der Waals surface area contributed by atoms with Gasteiger partial charge in [-0.2, -0.15) is 0 Å². The Hall–Kier alpha value is -0.900. The minimum Gasteiger partial charge on any atom is -0.325 e. The van der Waals surface area contributed by atoms with Gasteiger partial charge in [-0.25, -0.2) is 4.68 Å². The van der Waals surface area contributed by atoms with Gasteiger partial charge in [0.05, 0.1) is 11.4 Å². The van der Waals surface area contributed by atoms with Crippen molar-refractivity contribution in [3.05, 3.63) is 11.4 Å². The number of aromatic nitrogens is 3. The summed E-state index contributed by atoms with van der Waals surface area (Å²) in [5, 5.41) is 8.45. The Morgan fingerprint density at radius 1 is 1.31 bits per heavy atom. The van der Waals surface area contributed by atoms with Crippen LogP contribution in [0.1, 0.15) is 62.8 Å². The quantitative estimate of drug-likeness (QED) is 0.849. The molecule has 4 nitrogen and oxygen atoms in total. The predicted molar refractivity (Wildman–Crippen MR) is 64.0 cm³/mol. The van der Waals surface area contributed by atoms with E-state index in [1.165, 1.54) is 37.8 Å². The first-order chi connectivity index (χ1) is 7.86. The van der Waals surface area contributed by atoms with E-state index in [2.05, 4.69) is 21.9 Å². The zero-order valence-corrected chi connectivity index (χ0v) is 10.2. The van der Waals surface area contributed by atoms with Crippen molar-refractivity contribution in [2.45, 2.75) is 64.5 Å². The van der Waals surface area contributed by atoms with Crippen LogP contribution < -0.4 is 5.73 Å². The molecule has 16 heavy (non-hydrogen) atoms. The molecule has 0 radical (unpaired) electrons. The number of nitrogens with zero attached hydrogens (tertiary/aromatic N) is 3. The van der Waals surface area contributed by atoms with Gasteiger partial charge in [-0.05, 0) is 19.3 Å². The number of nitrogens with two attached hydrogens (primary N) is 1. The Bertz CT molecular complexity index is 326. The molecule has 1 fully saturated rings. The van der Waals surface area contributed by atoms with Gasteiger partial charge in [0.1, 0.15) is 0 Å². The summed E-state index contributed by atoms with van der Waals surface area (Å²) < 4.78 is 2.08. The number of rotatable bonds is 4. The molecule has 0 saturated heterocycles. The fraction of sp³-hybridized carbons (Fsp3) is 0.833. The van der Waals surface area contributed by atoms with Crippen LogP contribution in [0.4, 0.5) is 0 Å². The van der Waals surface area contributed by atoms with Crippen molar-refractivity contribution < 1.29 is 0 Å². The van der Waals surface area contributed by atoms with Gasteiger partial charge in [-0.1, -0.05) is 31.4 Å². The van der Waals surface area contributed by atoms with Gasteiger partial charge >= 0.3 is 0 Å². The summed E-state index contributed by atoms with van der Waals surface area (Å²) in [5.74, 6) is 0.647. The Labute approximate surface area is 97.2 Å². The molecule has 1 aliphatic rings. The summed E-state index contributed by atoms with van der Waals surface area (Å²) in [4.78, 5) is 0. The molecule has 1 aliphatic carbocycles. The van der Waals surface area contributed by atoms with Gasteiger partial charge in [0.15, 0.2) is 0 Å². The maximum absolute atomic E-state index is 5.75. The molecule has 0 bridgehead atoms. The predicted octanol–water partition coefficient (Wildman–Crippen LogP) is 2.19. The van der Waals surface area contributed by atoms with E-state index in [0.717, 1.165) is 18.7 Å². The van der Waals surface area contributed by atoms with Gasteiger partial charge in [0, 0.05) is 19.0 Å². The molecular weight excluding hydrogens is 200 g/mol. The fourth-order valence-corrected chi connectivity index (χ4v) is 2.70. The summed E-state index contributed by atoms with van der Waals surface area (Å²) in [5.41, 5.74) is 8.09. The van der Waals surface area contributed by atoms with Crippen molar-refractivity contribution in [1.82, 2.24) is 15.0 Å². The van der Waals surface area contributed by atoms with E-state index in [4.69, 9.17) is 5.73 Å². The highest BCUT2D eigenvalue weighted by atomic mass is 15.4. The molecule has 1 heterocycles. The van der Waals surface area contributed by atoms with Crippen molar-refractivity contribution in [3.8, 4) is 0 Å². The summed E-state index contributed by atoms with van der Waals surface area (Å²) in [6.07, 6.45) is 7.73. The molecule has 0 unspecified atom stereocenters. The molecule has 0 aromatic carbocycles. The summed E-state index contributed by atoms with van der Waals surface area (Å²) in [6, 6.07) is 0. The van der Waals surface area contributed by atoms with Gasteiger partial charge in [-0.15, -0.1) is 5.10 Å². The van der Waals surface area contributed by atoms with Gasteiger partial charge in [0.2, 0.25) is 0 Å². The number of aryl methyl sites for hydroxylation is 1. The van der Waals surface area contributed by atoms with E-state index < -0.39 is 0 Å². The Morgan fingerprint density at radius 3 is 2.69 bits per heavy atom. The van der Waals surface area contributed by atoms with Crippen LogP contribution in [0, 0.1) is 0 Å². The van der Waals surface area contributed by atoms with E-state index in [1.807, 2.05) is 0 Å². The fourth-order valence-electron chi connectivity index (χ4n) is 2.70. The second kappa shape index (κ2) is 5.43. The van der Waals surface area contributed by atoms with Crippen molar-refractivity contribution in [2.75, 3.05) is 0 Å². The summed E-state index contributed by atoms with van der Waals surface area (Å²) in [6.45, 7) is 3.67. The zero-order chi connectivity index (χ0) is 11.4. The van der Waals surface area contributed by atoms with Crippen molar-refractivity contribution >= 4 is 0 Å². The number of hydrogen-bond donors (Lipinski definition) is 1. The minimum atomic E-state index is 0.523. The molecule has 2 rings (SSSR count). The maximum Gasteiger partial charge on any atom is 0.0997 e. The van der Waals surface area contributed by atoms with Crippen molar-refractivity contribution in [3.63, 3.8) is 0 Å². The topological polar surface area (TPSA) is 56.7 Å². The Kier molecular flexibility index (Phi) is 3.93. The summed E-state index contributed by atoms with van der Waals surface area (Å²) >= 11 is 0. The third-order valence-electron chi connectivity index (χ3n) is 3.47. The molecule has 1 aromatic rings. The minimum absolute atomic E-state index is 0.523. The third kappa shape index (κ3) is 2.26. The Morgan fingerprint density at radius 2 is 2.06 bits per heavy atom. The van der Waals surface area contributed by atoms with Gasteiger partial charge in [-0.3, -0.25) is 0 Å². The largest absolute Gasteiger partial charge is 0.325 e. The van der Waals surface area contributed by atoms with Crippen LogP contribution >= 0.6 is 0 Å². The average Bonchev–Trinajstić information content (AvgIpc) is 2.74. The lowest BCUT2D eigenvalue weighted by Gasteiger charge is -2.22. The van der Waals surface area contributed by atoms with Crippen LogP contribution in [0.3, 0.4) is 0 Å². The lowest BCUT2D eigenvalue weighted by Crippen LogP contribution is -2.15. The van der Waals surface area contributed by atoms with Crippen LogP contribution in [0.2, 0.25) is 0 Å². The Balaban J connectivity index is 2.23. The molecule has 2 N–H and O–H groups in total. The third-order valence-corrected chi connectivity index (χ3v) is 3.47. The van der Waals surface area contributed by atoms with Crippen molar-refractivity contribution in [2.24, 2.45) is 5.73 Å². The summed E-state index contributed by atoms with van der Waals surface area (Å²) in [7, 11) is 0. The zero-order valence-electron chi connectivity index (χ0n) is 10.2. The van der Waals surface area contributed by atoms with Crippen LogP contribution in [0.15, 0.2) is 0 Å². The molecular formula is C12H22N4. The van der Waals surface area contributed by atoms with E-state index in [9.17, 15) is 0 Å². The first-order valence-corrected chi connectivity index (χ1v) is 6.49. The van der Waals surface area contributed by atoms with Crippen LogP contribution in [-0.4, -0.2) is 15.0 Å². The van der Waals surface area contributed by atoms with E-state index in [1.54, 1.807) is 0 Å². The van der Waals surface area contributed by atoms with Gasteiger partial charge < -0.3 is 5.73 Å². The SMILES string of the molecule is CCCn1nnc(CN)c1C1CCCCC1. The highest BCUT2D eigenvalue weighted by Gasteiger charge is 2.23. The normalized spacial score (nSPS) is 17.9. The maximum atomic E-state index is 5.75. The molecule has 90 valence electrons. The standard InChI is InChI=1S/C12H22N4/c1-2-8-16-12(11(9-13)14-15-16)10-6-4-3-5-7-10/h10H,2-9,13H2,1H3. The van der Waals surface area contributed by atoms with E-state index >= 15 is 0 Å². The van der Waals surface area contributed by atoms with Crippen LogP contribution in [0.25, 0.3) is 0 Å².